The number of carboxylic acid groups (broad SMARTS) is 1. The first kappa shape index (κ1) is 38.5. The predicted octanol–water partition coefficient (Wildman–Crippen LogP) is 5.28. The molecule has 0 atom stereocenters. The molecule has 3 aromatic heterocycles. The fraction of sp³-hybridized carbons (Fsp3) is 0.606. The van der Waals surface area contributed by atoms with Crippen LogP contribution in [0, 0.1) is 11.7 Å². The van der Waals surface area contributed by atoms with Gasteiger partial charge >= 0.3 is 6.09 Å². The molecule has 12 nitrogen and oxygen atoms in total. The van der Waals surface area contributed by atoms with Gasteiger partial charge in [-0.2, -0.15) is 5.10 Å². The zero-order chi connectivity index (χ0) is 34.3. The molecule has 0 unspecified atom stereocenters. The van der Waals surface area contributed by atoms with Gasteiger partial charge in [-0.05, 0) is 38.2 Å². The van der Waals surface area contributed by atoms with Gasteiger partial charge < -0.3 is 35.0 Å². The smallest absolute Gasteiger partial charge is 0.407 e. The number of amides is 1. The van der Waals surface area contributed by atoms with Crippen molar-refractivity contribution in [1.82, 2.24) is 24.5 Å². The van der Waals surface area contributed by atoms with E-state index in [9.17, 15) is 14.0 Å². The molecule has 2 aliphatic rings. The van der Waals surface area contributed by atoms with Crippen molar-refractivity contribution in [3.05, 3.63) is 42.2 Å². The lowest BCUT2D eigenvalue weighted by Gasteiger charge is -2.33. The van der Waals surface area contributed by atoms with E-state index in [0.717, 1.165) is 54.8 Å². The van der Waals surface area contributed by atoms with Gasteiger partial charge in [0, 0.05) is 62.0 Å². The van der Waals surface area contributed by atoms with Crippen LogP contribution in [0.5, 0.6) is 0 Å². The van der Waals surface area contributed by atoms with Crippen LogP contribution in [0.3, 0.4) is 0 Å². The van der Waals surface area contributed by atoms with Crippen molar-refractivity contribution >= 4 is 23.3 Å². The minimum atomic E-state index is -2.45. The third kappa shape index (κ3) is 13.4. The first-order chi connectivity index (χ1) is 21.8. The van der Waals surface area contributed by atoms with E-state index in [1.807, 2.05) is 12.1 Å². The summed E-state index contributed by atoms with van der Waals surface area (Å²) in [5, 5.41) is 37.7. The molecular weight excluding hydrogens is 595 g/mol. The fourth-order valence-corrected chi connectivity index (χ4v) is 4.45. The molecule has 0 spiro atoms. The number of ketones is 1. The molecule has 4 N–H and O–H groups in total. The molecule has 2 fully saturated rings. The normalized spacial score (nSPS) is 14.4. The largest absolute Gasteiger partial charge is 0.465 e. The summed E-state index contributed by atoms with van der Waals surface area (Å²) in [6, 6.07) is 3.85. The summed E-state index contributed by atoms with van der Waals surface area (Å²) in [7, 11) is 0. The molecule has 46 heavy (non-hydrogen) atoms. The number of aromatic nitrogens is 4. The van der Waals surface area contributed by atoms with Crippen molar-refractivity contribution in [3.8, 4) is 11.1 Å². The van der Waals surface area contributed by atoms with Crippen LogP contribution in [0.4, 0.5) is 15.0 Å². The van der Waals surface area contributed by atoms with Crippen LogP contribution in [0.2, 0.25) is 0 Å². The van der Waals surface area contributed by atoms with Crippen LogP contribution in [-0.2, 0) is 11.2 Å². The Labute approximate surface area is 270 Å². The second-order valence-electron chi connectivity index (χ2n) is 11.8. The van der Waals surface area contributed by atoms with Crippen LogP contribution in [-0.4, -0.2) is 88.9 Å². The Morgan fingerprint density at radius 2 is 1.67 bits per heavy atom. The molecule has 1 amide bonds. The summed E-state index contributed by atoms with van der Waals surface area (Å²) in [5.41, 5.74) is 3.27. The molecule has 1 saturated heterocycles. The van der Waals surface area contributed by atoms with Crippen LogP contribution in [0.25, 0.3) is 16.8 Å². The van der Waals surface area contributed by atoms with Gasteiger partial charge in [-0.25, -0.2) is 18.7 Å². The summed E-state index contributed by atoms with van der Waals surface area (Å²) >= 11 is 0. The number of piperazine rings is 1. The maximum Gasteiger partial charge on any atom is 0.407 e. The van der Waals surface area contributed by atoms with Crippen molar-refractivity contribution in [2.24, 2.45) is 5.92 Å². The van der Waals surface area contributed by atoms with E-state index < -0.39 is 17.9 Å². The second kappa shape index (κ2) is 19.1. The third-order valence-corrected chi connectivity index (χ3v) is 7.28. The van der Waals surface area contributed by atoms with Gasteiger partial charge in [-0.15, -0.1) is 0 Å². The van der Waals surface area contributed by atoms with Crippen molar-refractivity contribution in [2.45, 2.75) is 98.4 Å². The molecule has 4 heterocycles. The third-order valence-electron chi connectivity index (χ3n) is 7.28. The highest BCUT2D eigenvalue weighted by atomic mass is 19.1. The Morgan fingerprint density at radius 1 is 1.02 bits per heavy atom. The number of carbonyl (C=O) groups excluding carboxylic acids is 1. The second-order valence-corrected chi connectivity index (χ2v) is 11.8. The Hall–Kier alpha value is -3.68. The molecule has 13 heteroatoms. The molecular formula is C33H51FN6O6. The maximum absolute atomic E-state index is 14.7. The molecule has 0 aromatic carbocycles. The lowest BCUT2D eigenvalue weighted by molar-refractivity contribution is -0.314. The summed E-state index contributed by atoms with van der Waals surface area (Å²) in [6.07, 6.45) is 12.1. The number of aliphatic hydroxyl groups is 3. The van der Waals surface area contributed by atoms with Gasteiger partial charge in [0.25, 0.3) is 5.97 Å². The zero-order valence-corrected chi connectivity index (χ0v) is 27.8. The monoisotopic (exact) mass is 646 g/mol. The average Bonchev–Trinajstić information content (AvgIpc) is 3.69. The van der Waals surface area contributed by atoms with E-state index in [4.69, 9.17) is 20.4 Å². The molecule has 1 saturated carbocycles. The molecule has 1 aliphatic heterocycles. The first-order valence-electron chi connectivity index (χ1n) is 16.2. The number of carbonyl (C=O) groups is 2. The van der Waals surface area contributed by atoms with Gasteiger partial charge in [0.15, 0.2) is 17.3 Å². The summed E-state index contributed by atoms with van der Waals surface area (Å²) < 4.78 is 16.1. The van der Waals surface area contributed by atoms with E-state index in [0.29, 0.717) is 44.0 Å². The summed E-state index contributed by atoms with van der Waals surface area (Å²) in [6.45, 7) is 11.3. The molecule has 3 aromatic rings. The lowest BCUT2D eigenvalue weighted by atomic mass is 10.0. The van der Waals surface area contributed by atoms with Gasteiger partial charge in [-0.3, -0.25) is 4.98 Å². The molecule has 1 aliphatic carbocycles. The van der Waals surface area contributed by atoms with Crippen molar-refractivity contribution in [2.75, 3.05) is 31.1 Å². The number of nitrogens with zero attached hydrogens (tertiary/aromatic N) is 6. The minimum Gasteiger partial charge on any atom is -0.465 e. The molecule has 256 valence electrons. The number of hydrogen-bond donors (Lipinski definition) is 4. The van der Waals surface area contributed by atoms with Crippen LogP contribution >= 0.6 is 0 Å². The van der Waals surface area contributed by atoms with E-state index >= 15 is 0 Å². The lowest BCUT2D eigenvalue weighted by Crippen LogP contribution is -2.48. The zero-order valence-electron chi connectivity index (χ0n) is 27.8. The highest BCUT2D eigenvalue weighted by molar-refractivity contribution is 5.79. The topological polar surface area (TPSA) is 165 Å². The Kier molecular flexibility index (Phi) is 16.0. The number of rotatable bonds is 9. The number of halogens is 1. The van der Waals surface area contributed by atoms with E-state index in [-0.39, 0.29) is 12.2 Å². The van der Waals surface area contributed by atoms with E-state index in [1.54, 1.807) is 31.1 Å². The predicted molar refractivity (Wildman–Crippen MR) is 175 cm³/mol. The maximum atomic E-state index is 14.7. The van der Waals surface area contributed by atoms with Crippen LogP contribution in [0.1, 0.15) is 91.7 Å². The Bertz CT molecular complexity index is 1370. The summed E-state index contributed by atoms with van der Waals surface area (Å²) in [4.78, 5) is 33.4. The van der Waals surface area contributed by atoms with Crippen LogP contribution < -0.4 is 4.90 Å². The van der Waals surface area contributed by atoms with Crippen molar-refractivity contribution < 1.29 is 34.4 Å². The minimum absolute atomic E-state index is 0.00694. The quantitative estimate of drug-likeness (QED) is 0.225. The van der Waals surface area contributed by atoms with E-state index in [2.05, 4.69) is 35.8 Å². The molecule has 5 rings (SSSR count). The standard InChI is InChI=1S/C19H21FN6O2.C6H12O.C4H10O3.C4H8/c1-2-4-16-13(5-3-6-21-16)14-11-22-26-12-15(20)18(23-17(14)26)24-7-9-25(10-8-24)19(27)28;1-3-4-5-6(2)7;1-2-3-4(5,6)7;1-4-2-3-4/h3,5-6,11-12H,2,4,7-10H2,1H3,(H,27,28);3-5H2,1-2H3;5-7H,2-3H2,1H3;4H,2-3H2,1H3. The van der Waals surface area contributed by atoms with Gasteiger partial charge in [0.2, 0.25) is 0 Å². The number of anilines is 1. The number of hydrogen-bond acceptors (Lipinski definition) is 9. The first-order valence-corrected chi connectivity index (χ1v) is 16.2. The van der Waals surface area contributed by atoms with Crippen LogP contribution in [0.15, 0.2) is 30.7 Å². The number of Topliss-reactive ketones (excluding diaryl/α,β-unsaturated/α-hetero) is 1. The van der Waals surface area contributed by atoms with Crippen molar-refractivity contribution in [3.63, 3.8) is 0 Å². The summed E-state index contributed by atoms with van der Waals surface area (Å²) in [5.74, 6) is -1.32. The number of unbranched alkanes of at least 4 members (excludes halogenated alkanes) is 1. The molecule has 0 radical (unpaired) electrons. The molecule has 0 bridgehead atoms. The highest BCUT2D eigenvalue weighted by Crippen LogP contribution is 2.29. The Balaban J connectivity index is 0.000000333. The Morgan fingerprint density at radius 3 is 2.13 bits per heavy atom. The number of fused-ring (bicyclic) bond motifs is 1. The van der Waals surface area contributed by atoms with Gasteiger partial charge in [0.05, 0.1) is 12.4 Å². The average molecular weight is 647 g/mol. The van der Waals surface area contributed by atoms with Gasteiger partial charge in [0.1, 0.15) is 5.78 Å². The number of pyridine rings is 1. The SMILES string of the molecule is CC1CC1.CCCC(O)(O)O.CCCCC(C)=O.CCCc1ncccc1-c1cnn2cc(F)c(N3CCN(C(=O)O)CC3)nc12. The highest BCUT2D eigenvalue weighted by Gasteiger charge is 2.25. The van der Waals surface area contributed by atoms with Gasteiger partial charge in [-0.1, -0.05) is 59.4 Å². The van der Waals surface area contributed by atoms with E-state index in [1.165, 1.54) is 28.5 Å². The number of aryl methyl sites for hydroxylation is 1. The fourth-order valence-electron chi connectivity index (χ4n) is 4.45. The van der Waals surface area contributed by atoms with Crippen molar-refractivity contribution in [1.29, 1.82) is 0 Å².